The van der Waals surface area contributed by atoms with Crippen LogP contribution in [0, 0.1) is 11.3 Å². The highest BCUT2D eigenvalue weighted by atomic mass is 35.5. The van der Waals surface area contributed by atoms with E-state index in [0.717, 1.165) is 32.6 Å². The van der Waals surface area contributed by atoms with E-state index in [0.29, 0.717) is 18.2 Å². The van der Waals surface area contributed by atoms with E-state index in [-0.39, 0.29) is 11.3 Å². The first-order chi connectivity index (χ1) is 7.56. The summed E-state index contributed by atoms with van der Waals surface area (Å²) in [4.78, 5) is 11.4. The van der Waals surface area contributed by atoms with Gasteiger partial charge < -0.3 is 10.1 Å². The minimum atomic E-state index is 0.0511. The fourth-order valence-electron chi connectivity index (χ4n) is 2.12. The lowest BCUT2D eigenvalue weighted by Gasteiger charge is -2.37. The second-order valence-electron chi connectivity index (χ2n) is 5.09. The lowest BCUT2D eigenvalue weighted by Crippen LogP contribution is -2.40. The number of hydrogen-bond acceptors (Lipinski definition) is 2. The van der Waals surface area contributed by atoms with Crippen molar-refractivity contribution < 1.29 is 9.53 Å². The van der Waals surface area contributed by atoms with Gasteiger partial charge in [0.25, 0.3) is 0 Å². The number of ether oxygens (including phenoxy) is 1. The molecule has 0 radical (unpaired) electrons. The van der Waals surface area contributed by atoms with Crippen LogP contribution in [0.3, 0.4) is 0 Å². The molecule has 16 heavy (non-hydrogen) atoms. The van der Waals surface area contributed by atoms with Crippen LogP contribution in [0.4, 0.5) is 0 Å². The van der Waals surface area contributed by atoms with Crippen molar-refractivity contribution in [3.8, 4) is 0 Å². The summed E-state index contributed by atoms with van der Waals surface area (Å²) in [6.07, 6.45) is 2.60. The number of carbonyl (C=O) groups is 1. The van der Waals surface area contributed by atoms with Gasteiger partial charge in [0, 0.05) is 32.1 Å². The molecule has 1 heterocycles. The van der Waals surface area contributed by atoms with Crippen molar-refractivity contribution in [3.63, 3.8) is 0 Å². The standard InChI is InChI=1S/C12H22ClNO2/c1-12(2,9-14-11(15)3-6-13)10-4-7-16-8-5-10/h10H,3-9H2,1-2H3,(H,14,15). The molecule has 1 saturated heterocycles. The van der Waals surface area contributed by atoms with Gasteiger partial charge in [-0.1, -0.05) is 13.8 Å². The van der Waals surface area contributed by atoms with E-state index in [1.165, 1.54) is 0 Å². The Balaban J connectivity index is 2.34. The van der Waals surface area contributed by atoms with Gasteiger partial charge in [0.15, 0.2) is 0 Å². The van der Waals surface area contributed by atoms with Crippen LogP contribution in [0.15, 0.2) is 0 Å². The van der Waals surface area contributed by atoms with E-state index in [9.17, 15) is 4.79 Å². The zero-order valence-electron chi connectivity index (χ0n) is 10.2. The molecule has 1 amide bonds. The predicted molar refractivity (Wildman–Crippen MR) is 65.7 cm³/mol. The van der Waals surface area contributed by atoms with Crippen molar-refractivity contribution in [2.45, 2.75) is 33.1 Å². The molecule has 0 aliphatic carbocycles. The number of carbonyl (C=O) groups excluding carboxylic acids is 1. The summed E-state index contributed by atoms with van der Waals surface area (Å²) in [5, 5.41) is 2.96. The van der Waals surface area contributed by atoms with Crippen molar-refractivity contribution in [1.29, 1.82) is 0 Å². The molecular weight excluding hydrogens is 226 g/mol. The van der Waals surface area contributed by atoms with Crippen LogP contribution >= 0.6 is 11.6 Å². The molecule has 0 unspecified atom stereocenters. The number of halogens is 1. The van der Waals surface area contributed by atoms with E-state index >= 15 is 0 Å². The highest BCUT2D eigenvalue weighted by Crippen LogP contribution is 2.33. The van der Waals surface area contributed by atoms with E-state index in [1.807, 2.05) is 0 Å². The van der Waals surface area contributed by atoms with Gasteiger partial charge in [-0.05, 0) is 24.2 Å². The van der Waals surface area contributed by atoms with E-state index in [1.54, 1.807) is 0 Å². The molecule has 0 aromatic carbocycles. The minimum absolute atomic E-state index is 0.0511. The highest BCUT2D eigenvalue weighted by molar-refractivity contribution is 6.18. The van der Waals surface area contributed by atoms with Gasteiger partial charge in [-0.15, -0.1) is 11.6 Å². The van der Waals surface area contributed by atoms with Gasteiger partial charge >= 0.3 is 0 Å². The molecule has 1 fully saturated rings. The van der Waals surface area contributed by atoms with Gasteiger partial charge in [-0.25, -0.2) is 0 Å². The van der Waals surface area contributed by atoms with Gasteiger partial charge in [0.2, 0.25) is 5.91 Å². The molecule has 1 aliphatic heterocycles. The summed E-state index contributed by atoms with van der Waals surface area (Å²) in [5.74, 6) is 1.08. The third-order valence-corrected chi connectivity index (χ3v) is 3.58. The molecule has 0 aromatic rings. The van der Waals surface area contributed by atoms with Crippen molar-refractivity contribution >= 4 is 17.5 Å². The van der Waals surface area contributed by atoms with E-state index in [2.05, 4.69) is 19.2 Å². The predicted octanol–water partition coefficient (Wildman–Crippen LogP) is 2.18. The van der Waals surface area contributed by atoms with Crippen LogP contribution in [0.25, 0.3) is 0 Å². The Morgan fingerprint density at radius 2 is 2.06 bits per heavy atom. The Bertz CT molecular complexity index is 225. The molecule has 0 atom stereocenters. The molecule has 1 N–H and O–H groups in total. The number of nitrogens with one attached hydrogen (secondary N) is 1. The zero-order chi connectivity index (χ0) is 12.0. The average molecular weight is 248 g/mol. The smallest absolute Gasteiger partial charge is 0.221 e. The first-order valence-electron chi connectivity index (χ1n) is 5.96. The topological polar surface area (TPSA) is 38.3 Å². The van der Waals surface area contributed by atoms with E-state index < -0.39 is 0 Å². The monoisotopic (exact) mass is 247 g/mol. The van der Waals surface area contributed by atoms with Crippen LogP contribution in [0.1, 0.15) is 33.1 Å². The van der Waals surface area contributed by atoms with E-state index in [4.69, 9.17) is 16.3 Å². The molecule has 4 heteroatoms. The Hall–Kier alpha value is -0.280. The second-order valence-corrected chi connectivity index (χ2v) is 5.47. The molecule has 94 valence electrons. The maximum Gasteiger partial charge on any atom is 0.221 e. The number of rotatable bonds is 5. The van der Waals surface area contributed by atoms with Crippen LogP contribution in [0.5, 0.6) is 0 Å². The van der Waals surface area contributed by atoms with Crippen LogP contribution in [-0.2, 0) is 9.53 Å². The average Bonchev–Trinajstić information content (AvgIpc) is 2.28. The van der Waals surface area contributed by atoms with Gasteiger partial charge in [-0.3, -0.25) is 4.79 Å². The molecular formula is C12H22ClNO2. The Labute approximate surface area is 103 Å². The molecule has 0 spiro atoms. The van der Waals surface area contributed by atoms with Crippen LogP contribution < -0.4 is 5.32 Å². The molecule has 3 nitrogen and oxygen atoms in total. The Morgan fingerprint density at radius 1 is 1.44 bits per heavy atom. The van der Waals surface area contributed by atoms with Crippen LogP contribution in [-0.4, -0.2) is 31.5 Å². The SMILES string of the molecule is CC(C)(CNC(=O)CCCl)C1CCOCC1. The molecule has 1 aliphatic rings. The van der Waals surface area contributed by atoms with Gasteiger partial charge in [0.1, 0.15) is 0 Å². The second kappa shape index (κ2) is 6.45. The summed E-state index contributed by atoms with van der Waals surface area (Å²) in [6.45, 7) is 6.86. The van der Waals surface area contributed by atoms with Crippen molar-refractivity contribution in [2.75, 3.05) is 25.6 Å². The summed E-state index contributed by atoms with van der Waals surface area (Å²) in [5.41, 5.74) is 0.145. The summed E-state index contributed by atoms with van der Waals surface area (Å²) < 4.78 is 5.35. The Kier molecular flexibility index (Phi) is 5.56. The van der Waals surface area contributed by atoms with Crippen molar-refractivity contribution in [3.05, 3.63) is 0 Å². The van der Waals surface area contributed by atoms with Crippen molar-refractivity contribution in [2.24, 2.45) is 11.3 Å². The maximum absolute atomic E-state index is 11.4. The maximum atomic E-state index is 11.4. The third kappa shape index (κ3) is 4.30. The summed E-state index contributed by atoms with van der Waals surface area (Å²) in [7, 11) is 0. The first kappa shape index (κ1) is 13.8. The third-order valence-electron chi connectivity index (χ3n) is 3.39. The number of amides is 1. The first-order valence-corrected chi connectivity index (χ1v) is 6.50. The zero-order valence-corrected chi connectivity index (χ0v) is 11.0. The Morgan fingerprint density at radius 3 is 2.62 bits per heavy atom. The molecule has 0 saturated carbocycles. The fourth-order valence-corrected chi connectivity index (χ4v) is 2.30. The quantitative estimate of drug-likeness (QED) is 0.757. The highest BCUT2D eigenvalue weighted by Gasteiger charge is 2.31. The van der Waals surface area contributed by atoms with Crippen molar-refractivity contribution in [1.82, 2.24) is 5.32 Å². The van der Waals surface area contributed by atoms with Gasteiger partial charge in [0.05, 0.1) is 0 Å². The lowest BCUT2D eigenvalue weighted by molar-refractivity contribution is -0.121. The molecule has 1 rings (SSSR count). The fraction of sp³-hybridized carbons (Fsp3) is 0.917. The minimum Gasteiger partial charge on any atom is -0.381 e. The largest absolute Gasteiger partial charge is 0.381 e. The summed E-state index contributed by atoms with van der Waals surface area (Å²) in [6, 6.07) is 0. The molecule has 0 aromatic heterocycles. The van der Waals surface area contributed by atoms with Crippen LogP contribution in [0.2, 0.25) is 0 Å². The number of hydrogen-bond donors (Lipinski definition) is 1. The van der Waals surface area contributed by atoms with Gasteiger partial charge in [-0.2, -0.15) is 0 Å². The lowest BCUT2D eigenvalue weighted by atomic mass is 9.74. The molecule has 0 bridgehead atoms. The summed E-state index contributed by atoms with van der Waals surface area (Å²) >= 11 is 5.52. The normalized spacial score (nSPS) is 18.4. The number of alkyl halides is 1.